The SMILES string of the molecule is CC(C)OC(=O)c1cc(-c2nn(C)c(C(F)(F)F)c2Br)c(F)cc1Cl.CCNc1nc(Cl)nc(NC(C)C)n1.C[S+](C)C.O=C(O)CNCP(=O)([O-])O. The van der Waals surface area contributed by atoms with Crippen LogP contribution in [0, 0.1) is 5.82 Å². The normalized spacial score (nSPS) is 12.1. The van der Waals surface area contributed by atoms with Crippen LogP contribution in [-0.2, 0) is 38.2 Å². The number of alkyl halides is 3. The first-order valence-corrected chi connectivity index (χ1v) is 20.8. The van der Waals surface area contributed by atoms with E-state index in [0.29, 0.717) is 27.5 Å². The lowest BCUT2D eigenvalue weighted by Crippen LogP contribution is -2.25. The van der Waals surface area contributed by atoms with Crippen LogP contribution < -0.4 is 20.8 Å². The molecule has 0 aliphatic heterocycles. The molecule has 1 unspecified atom stereocenters. The molecule has 53 heavy (non-hydrogen) atoms. The van der Waals surface area contributed by atoms with Crippen LogP contribution in [0.25, 0.3) is 11.3 Å². The second-order valence-corrected chi connectivity index (χ2v) is 16.9. The Labute approximate surface area is 325 Å². The minimum absolute atomic E-state index is 0.169. The minimum Gasteiger partial charge on any atom is -0.778 e. The first-order valence-electron chi connectivity index (χ1n) is 15.1. The van der Waals surface area contributed by atoms with Gasteiger partial charge in [0.2, 0.25) is 17.2 Å². The topological polar surface area (TPSA) is 217 Å². The van der Waals surface area contributed by atoms with Crippen molar-refractivity contribution in [3.05, 3.63) is 44.0 Å². The van der Waals surface area contributed by atoms with Crippen molar-refractivity contribution in [3.8, 4) is 11.3 Å². The van der Waals surface area contributed by atoms with Gasteiger partial charge in [0.05, 0.1) is 52.8 Å². The fourth-order valence-electron chi connectivity index (χ4n) is 3.36. The molecule has 5 N–H and O–H groups in total. The lowest BCUT2D eigenvalue weighted by molar-refractivity contribution is -0.193. The molecule has 3 aromatic rings. The summed E-state index contributed by atoms with van der Waals surface area (Å²) in [6.07, 6.45) is 0.732. The highest BCUT2D eigenvalue weighted by Crippen LogP contribution is 2.41. The van der Waals surface area contributed by atoms with Crippen LogP contribution in [0.4, 0.5) is 29.5 Å². The van der Waals surface area contributed by atoms with Gasteiger partial charge in [0.15, 0.2) is 5.69 Å². The van der Waals surface area contributed by atoms with E-state index in [-0.39, 0.29) is 33.2 Å². The number of hydrogen-bond acceptors (Lipinski definition) is 12. The number of nitrogens with one attached hydrogen (secondary N) is 3. The molecule has 0 aliphatic carbocycles. The van der Waals surface area contributed by atoms with Crippen molar-refractivity contribution in [1.29, 1.82) is 0 Å². The first kappa shape index (κ1) is 50.2. The molecule has 1 atom stereocenters. The minimum atomic E-state index is -4.69. The molecular weight excluding hydrogens is 862 g/mol. The van der Waals surface area contributed by atoms with Crippen LogP contribution in [0.3, 0.4) is 0 Å². The number of carboxylic acids is 1. The summed E-state index contributed by atoms with van der Waals surface area (Å²) in [6.45, 7) is 9.47. The van der Waals surface area contributed by atoms with Gasteiger partial charge in [-0.3, -0.25) is 14.8 Å². The molecule has 0 fully saturated rings. The number of anilines is 2. The van der Waals surface area contributed by atoms with Crippen molar-refractivity contribution < 1.29 is 51.3 Å². The van der Waals surface area contributed by atoms with Crippen LogP contribution in [0.5, 0.6) is 0 Å². The maximum Gasteiger partial charge on any atom is 0.434 e. The van der Waals surface area contributed by atoms with Crippen molar-refractivity contribution in [3.63, 3.8) is 0 Å². The number of halogens is 7. The van der Waals surface area contributed by atoms with Crippen molar-refractivity contribution in [2.45, 2.75) is 52.9 Å². The number of carbonyl (C=O) groups excluding carboxylic acids is 1. The summed E-state index contributed by atoms with van der Waals surface area (Å²) in [7, 11) is -2.63. The van der Waals surface area contributed by atoms with Gasteiger partial charge in [-0.1, -0.05) is 11.6 Å². The Morgan fingerprint density at radius 1 is 1.11 bits per heavy atom. The van der Waals surface area contributed by atoms with Gasteiger partial charge in [-0.15, -0.1) is 0 Å². The molecular formula is C29H42BrCl2F4N8O7PS. The summed E-state index contributed by atoms with van der Waals surface area (Å²) in [5.41, 5.74) is -1.86. The number of esters is 1. The van der Waals surface area contributed by atoms with E-state index in [1.165, 1.54) is 0 Å². The summed E-state index contributed by atoms with van der Waals surface area (Å²) >= 11 is 14.4. The molecule has 300 valence electrons. The lowest BCUT2D eigenvalue weighted by Gasteiger charge is -2.14. The van der Waals surface area contributed by atoms with Crippen LogP contribution in [0.15, 0.2) is 16.6 Å². The average molecular weight is 905 g/mol. The summed E-state index contributed by atoms with van der Waals surface area (Å²) in [5.74, 6) is -1.91. The summed E-state index contributed by atoms with van der Waals surface area (Å²) < 4.78 is 68.6. The lowest BCUT2D eigenvalue weighted by atomic mass is 10.1. The van der Waals surface area contributed by atoms with Gasteiger partial charge in [0, 0.05) is 25.2 Å². The fraction of sp³-hybridized carbons (Fsp3) is 0.517. The maximum atomic E-state index is 14.3. The van der Waals surface area contributed by atoms with Gasteiger partial charge in [-0.2, -0.15) is 33.2 Å². The van der Waals surface area contributed by atoms with Crippen molar-refractivity contribution >= 4 is 81.5 Å². The highest BCUT2D eigenvalue weighted by Gasteiger charge is 2.39. The van der Waals surface area contributed by atoms with E-state index in [1.807, 2.05) is 26.1 Å². The van der Waals surface area contributed by atoms with E-state index in [9.17, 15) is 36.6 Å². The van der Waals surface area contributed by atoms with Gasteiger partial charge in [0.1, 0.15) is 19.1 Å². The van der Waals surface area contributed by atoms with E-state index in [2.05, 4.69) is 65.4 Å². The van der Waals surface area contributed by atoms with Crippen LogP contribution in [0.2, 0.25) is 10.3 Å². The number of hydrogen-bond donors (Lipinski definition) is 5. The third-order valence-electron chi connectivity index (χ3n) is 5.08. The van der Waals surface area contributed by atoms with Gasteiger partial charge in [-0.05, 0) is 85.2 Å². The molecule has 0 radical (unpaired) electrons. The standard InChI is InChI=1S/C15H12BrClF4N2O2.C8H14ClN5.C3H8NO5P.C3H9S/c1-6(2)25-14(24)7-4-8(10(18)5-9(7)17)12-11(16)13(15(19,20)21)23(3)22-12;1-4-10-7-12-6(9)13-8(14-7)11-5(2)3;5-3(6)1-4-2-10(7,8)9;1-4(2)3/h4-6H,1-3H3;5H,4H2,1-3H3,(H2,10,11,12,13,14);4H,1-2H2,(H,5,6)(H2,7,8,9);1-3H3/q;;;+1/p-1. The highest BCUT2D eigenvalue weighted by molar-refractivity contribution is 9.10. The Balaban J connectivity index is 0.000000810. The highest BCUT2D eigenvalue weighted by atomic mass is 79.9. The predicted molar refractivity (Wildman–Crippen MR) is 200 cm³/mol. The van der Waals surface area contributed by atoms with Gasteiger partial charge in [0.25, 0.3) is 0 Å². The maximum absolute atomic E-state index is 14.3. The van der Waals surface area contributed by atoms with E-state index in [1.54, 1.807) is 13.8 Å². The molecule has 0 saturated heterocycles. The second kappa shape index (κ2) is 23.2. The molecule has 2 heterocycles. The van der Waals surface area contributed by atoms with Gasteiger partial charge >= 0.3 is 18.1 Å². The molecule has 0 saturated carbocycles. The van der Waals surface area contributed by atoms with Crippen molar-refractivity contribution in [2.75, 3.05) is 48.8 Å². The number of aromatic nitrogens is 5. The van der Waals surface area contributed by atoms with Crippen molar-refractivity contribution in [2.24, 2.45) is 7.05 Å². The van der Waals surface area contributed by atoms with Crippen LogP contribution >= 0.6 is 46.7 Å². The molecule has 1 aromatic carbocycles. The Bertz CT molecular complexity index is 1700. The number of nitrogens with zero attached hydrogens (tertiary/aromatic N) is 5. The third kappa shape index (κ3) is 20.5. The van der Waals surface area contributed by atoms with E-state index in [0.717, 1.165) is 25.7 Å². The van der Waals surface area contributed by atoms with Crippen LogP contribution in [-0.4, -0.2) is 97.0 Å². The summed E-state index contributed by atoms with van der Waals surface area (Å²) in [5, 5.41) is 19.7. The molecule has 0 amide bonds. The van der Waals surface area contributed by atoms with Crippen molar-refractivity contribution in [1.82, 2.24) is 30.0 Å². The fourth-order valence-corrected chi connectivity index (χ4v) is 4.91. The third-order valence-corrected chi connectivity index (χ3v) is 6.94. The molecule has 0 aliphatic rings. The number of rotatable bonds is 11. The molecule has 24 heteroatoms. The molecule has 2 aromatic heterocycles. The summed E-state index contributed by atoms with van der Waals surface area (Å²) in [6, 6.07) is 2.13. The smallest absolute Gasteiger partial charge is 0.434 e. The first-order chi connectivity index (χ1) is 24.2. The Kier molecular flexibility index (Phi) is 22.0. The molecule has 0 spiro atoms. The predicted octanol–water partition coefficient (Wildman–Crippen LogP) is 5.66. The molecule has 3 rings (SSSR count). The molecule has 0 bridgehead atoms. The quantitative estimate of drug-likeness (QED) is 0.0680. The zero-order chi connectivity index (χ0) is 41.4. The van der Waals surface area contributed by atoms with E-state index >= 15 is 0 Å². The number of benzene rings is 1. The van der Waals surface area contributed by atoms with Gasteiger partial charge in [-0.25, -0.2) is 9.18 Å². The largest absolute Gasteiger partial charge is 0.778 e. The van der Waals surface area contributed by atoms with E-state index < -0.39 is 60.6 Å². The zero-order valence-electron chi connectivity index (χ0n) is 30.1. The number of carboxylic acid groups (broad SMARTS) is 1. The molecule has 15 nitrogen and oxygen atoms in total. The van der Waals surface area contributed by atoms with E-state index in [4.69, 9.17) is 37.9 Å². The van der Waals surface area contributed by atoms with Gasteiger partial charge < -0.3 is 34.8 Å². The summed E-state index contributed by atoms with van der Waals surface area (Å²) in [4.78, 5) is 51.8. The Morgan fingerprint density at radius 2 is 1.66 bits per heavy atom. The Hall–Kier alpha value is -2.78. The second-order valence-electron chi connectivity index (χ2n) is 11.3. The Morgan fingerprint density at radius 3 is 2.09 bits per heavy atom. The number of carbonyl (C=O) groups is 2. The zero-order valence-corrected chi connectivity index (χ0v) is 34.9. The number of aliphatic carboxylic acids is 1. The number of aryl methyl sites for hydroxylation is 1. The number of ether oxygens (including phenoxy) is 1. The van der Waals surface area contributed by atoms with Crippen LogP contribution in [0.1, 0.15) is 50.7 Å². The average Bonchev–Trinajstić information content (AvgIpc) is 3.25. The monoisotopic (exact) mass is 902 g/mol.